The Labute approximate surface area is 165 Å². The fourth-order valence-electron chi connectivity index (χ4n) is 2.19. The summed E-state index contributed by atoms with van der Waals surface area (Å²) in [5.41, 5.74) is 1.70. The molecule has 2 N–H and O–H groups in total. The Balaban J connectivity index is 1.50. The summed E-state index contributed by atoms with van der Waals surface area (Å²) >= 11 is 2.87. The van der Waals surface area contributed by atoms with Crippen LogP contribution in [0.5, 0.6) is 0 Å². The first kappa shape index (κ1) is 19.1. The summed E-state index contributed by atoms with van der Waals surface area (Å²) in [6.07, 6.45) is 0. The summed E-state index contributed by atoms with van der Waals surface area (Å²) in [7, 11) is 0. The lowest BCUT2D eigenvalue weighted by Gasteiger charge is -2.12. The minimum absolute atomic E-state index is 0.297. The molecule has 0 spiro atoms. The number of thioether (sulfide) groups is 1. The van der Waals surface area contributed by atoms with Gasteiger partial charge in [-0.05, 0) is 24.6 Å². The predicted octanol–water partition coefficient (Wildman–Crippen LogP) is 3.59. The molecule has 27 heavy (non-hydrogen) atoms. The highest BCUT2D eigenvalue weighted by Crippen LogP contribution is 2.28. The van der Waals surface area contributed by atoms with E-state index in [4.69, 9.17) is 0 Å². The van der Waals surface area contributed by atoms with Crippen LogP contribution in [-0.2, 0) is 10.5 Å². The van der Waals surface area contributed by atoms with E-state index in [0.29, 0.717) is 10.7 Å². The number of hydrogen-bond acceptors (Lipinski definition) is 6. The summed E-state index contributed by atoms with van der Waals surface area (Å²) in [5.74, 6) is 0.150. The lowest BCUT2D eigenvalue weighted by molar-refractivity contribution is -0.117. The average Bonchev–Trinajstić information content (AvgIpc) is 3.15. The van der Waals surface area contributed by atoms with Crippen LogP contribution in [0.15, 0.2) is 65.0 Å². The molecule has 0 bridgehead atoms. The van der Waals surface area contributed by atoms with Crippen molar-refractivity contribution in [3.05, 3.63) is 71.8 Å². The van der Waals surface area contributed by atoms with Crippen molar-refractivity contribution in [2.45, 2.75) is 23.1 Å². The van der Waals surface area contributed by atoms with Crippen molar-refractivity contribution in [3.63, 3.8) is 0 Å². The minimum atomic E-state index is -0.693. The van der Waals surface area contributed by atoms with Gasteiger partial charge in [0.2, 0.25) is 11.0 Å². The minimum Gasteiger partial charge on any atom is -0.341 e. The van der Waals surface area contributed by atoms with Crippen LogP contribution in [-0.4, -0.2) is 28.1 Å². The smallest absolute Gasteiger partial charge is 0.251 e. The van der Waals surface area contributed by atoms with Gasteiger partial charge < -0.3 is 5.32 Å². The zero-order chi connectivity index (χ0) is 19.1. The number of nitrogens with one attached hydrogen (secondary N) is 2. The molecule has 2 amide bonds. The molecule has 0 radical (unpaired) electrons. The Morgan fingerprint density at radius 2 is 1.70 bits per heavy atom. The van der Waals surface area contributed by atoms with Gasteiger partial charge in [-0.15, -0.1) is 10.2 Å². The van der Waals surface area contributed by atoms with Crippen LogP contribution < -0.4 is 10.6 Å². The highest BCUT2D eigenvalue weighted by atomic mass is 32.2. The molecule has 0 aliphatic rings. The van der Waals surface area contributed by atoms with E-state index < -0.39 is 6.04 Å². The van der Waals surface area contributed by atoms with Gasteiger partial charge in [0.15, 0.2) is 4.34 Å². The molecule has 0 aliphatic heterocycles. The first-order valence-corrected chi connectivity index (χ1v) is 10.1. The summed E-state index contributed by atoms with van der Waals surface area (Å²) in [5, 5.41) is 13.9. The maximum Gasteiger partial charge on any atom is 0.251 e. The predicted molar refractivity (Wildman–Crippen MR) is 108 cm³/mol. The number of anilines is 1. The number of carbonyl (C=O) groups excluding carboxylic acids is 2. The van der Waals surface area contributed by atoms with Gasteiger partial charge >= 0.3 is 0 Å². The van der Waals surface area contributed by atoms with E-state index in [2.05, 4.69) is 20.8 Å². The van der Waals surface area contributed by atoms with E-state index in [-0.39, 0.29) is 11.8 Å². The second-order valence-electron chi connectivity index (χ2n) is 5.70. The Bertz CT molecular complexity index is 900. The second-order valence-corrected chi connectivity index (χ2v) is 7.90. The van der Waals surface area contributed by atoms with Crippen molar-refractivity contribution >= 4 is 40.0 Å². The zero-order valence-corrected chi connectivity index (χ0v) is 16.2. The van der Waals surface area contributed by atoms with Gasteiger partial charge in [-0.25, -0.2) is 0 Å². The fourth-order valence-corrected chi connectivity index (χ4v) is 3.90. The Morgan fingerprint density at radius 3 is 2.41 bits per heavy atom. The summed E-state index contributed by atoms with van der Waals surface area (Å²) in [6.45, 7) is 1.63. The van der Waals surface area contributed by atoms with Crippen molar-refractivity contribution in [1.29, 1.82) is 0 Å². The molecule has 138 valence electrons. The van der Waals surface area contributed by atoms with Crippen molar-refractivity contribution in [2.24, 2.45) is 0 Å². The first-order chi connectivity index (χ1) is 13.1. The molecule has 3 rings (SSSR count). The van der Waals surface area contributed by atoms with Gasteiger partial charge in [0.05, 0.1) is 0 Å². The van der Waals surface area contributed by atoms with Crippen LogP contribution in [0.4, 0.5) is 5.13 Å². The van der Waals surface area contributed by atoms with Crippen molar-refractivity contribution in [3.8, 4) is 0 Å². The molecule has 0 saturated heterocycles. The molecule has 0 saturated carbocycles. The van der Waals surface area contributed by atoms with E-state index in [1.165, 1.54) is 16.9 Å². The molecule has 1 heterocycles. The molecule has 2 aromatic carbocycles. The molecule has 0 fully saturated rings. The normalized spacial score (nSPS) is 11.6. The molecular weight excluding hydrogens is 380 g/mol. The molecular formula is C19H18N4O2S2. The maximum atomic E-state index is 12.3. The van der Waals surface area contributed by atoms with Crippen LogP contribution in [0.3, 0.4) is 0 Å². The van der Waals surface area contributed by atoms with Crippen LogP contribution >= 0.6 is 23.1 Å². The van der Waals surface area contributed by atoms with Crippen molar-refractivity contribution in [2.75, 3.05) is 5.32 Å². The number of hydrogen-bond donors (Lipinski definition) is 2. The third-order valence-electron chi connectivity index (χ3n) is 3.62. The number of amides is 2. The molecule has 1 unspecified atom stereocenters. The number of nitrogens with zero attached hydrogens (tertiary/aromatic N) is 2. The van der Waals surface area contributed by atoms with Gasteiger partial charge in [-0.1, -0.05) is 71.6 Å². The van der Waals surface area contributed by atoms with Crippen LogP contribution in [0.25, 0.3) is 0 Å². The SMILES string of the molecule is CC(NC(=O)c1ccccc1)C(=O)Nc1nnc(SCc2ccccc2)s1. The van der Waals surface area contributed by atoms with Crippen LogP contribution in [0.2, 0.25) is 0 Å². The topological polar surface area (TPSA) is 84.0 Å². The molecule has 1 atom stereocenters. The Morgan fingerprint density at radius 1 is 1.04 bits per heavy atom. The van der Waals surface area contributed by atoms with Gasteiger partial charge in [-0.3, -0.25) is 14.9 Å². The standard InChI is InChI=1S/C19H18N4O2S2/c1-13(20-17(25)15-10-6-3-7-11-15)16(24)21-18-22-23-19(27-18)26-12-14-8-4-2-5-9-14/h2-11,13H,12H2,1H3,(H,20,25)(H,21,22,24). The van der Waals surface area contributed by atoms with Crippen LogP contribution in [0.1, 0.15) is 22.8 Å². The number of benzene rings is 2. The lowest BCUT2D eigenvalue weighted by atomic mass is 10.2. The highest BCUT2D eigenvalue weighted by molar-refractivity contribution is 8.00. The molecule has 8 heteroatoms. The molecule has 6 nitrogen and oxygen atoms in total. The number of rotatable bonds is 7. The zero-order valence-electron chi connectivity index (χ0n) is 14.6. The fraction of sp³-hybridized carbons (Fsp3) is 0.158. The van der Waals surface area contributed by atoms with Crippen molar-refractivity contribution in [1.82, 2.24) is 15.5 Å². The maximum absolute atomic E-state index is 12.3. The highest BCUT2D eigenvalue weighted by Gasteiger charge is 2.18. The largest absolute Gasteiger partial charge is 0.341 e. The summed E-state index contributed by atoms with van der Waals surface area (Å²) in [4.78, 5) is 24.4. The van der Waals surface area contributed by atoms with E-state index in [1.54, 1.807) is 43.0 Å². The summed E-state index contributed by atoms with van der Waals surface area (Å²) in [6, 6.07) is 18.1. The molecule has 1 aromatic heterocycles. The van der Waals surface area contributed by atoms with E-state index in [0.717, 1.165) is 10.1 Å². The third kappa shape index (κ3) is 5.63. The quantitative estimate of drug-likeness (QED) is 0.469. The van der Waals surface area contributed by atoms with E-state index in [9.17, 15) is 9.59 Å². The van der Waals surface area contributed by atoms with Gasteiger partial charge in [0, 0.05) is 11.3 Å². The van der Waals surface area contributed by atoms with E-state index >= 15 is 0 Å². The van der Waals surface area contributed by atoms with Gasteiger partial charge in [-0.2, -0.15) is 0 Å². The Hall–Kier alpha value is -2.71. The lowest BCUT2D eigenvalue weighted by Crippen LogP contribution is -2.41. The first-order valence-electron chi connectivity index (χ1n) is 8.29. The average molecular weight is 399 g/mol. The van der Waals surface area contributed by atoms with Crippen LogP contribution in [0, 0.1) is 0 Å². The van der Waals surface area contributed by atoms with Gasteiger partial charge in [0.1, 0.15) is 6.04 Å². The van der Waals surface area contributed by atoms with Gasteiger partial charge in [0.25, 0.3) is 5.91 Å². The number of aromatic nitrogens is 2. The Kier molecular flexibility index (Phi) is 6.56. The van der Waals surface area contributed by atoms with Crippen molar-refractivity contribution < 1.29 is 9.59 Å². The number of carbonyl (C=O) groups is 2. The van der Waals surface area contributed by atoms with E-state index in [1.807, 2.05) is 36.4 Å². The third-order valence-corrected chi connectivity index (χ3v) is 5.66. The second kappa shape index (κ2) is 9.29. The summed E-state index contributed by atoms with van der Waals surface area (Å²) < 4.78 is 0.773. The monoisotopic (exact) mass is 398 g/mol. The molecule has 3 aromatic rings. The molecule has 0 aliphatic carbocycles.